The van der Waals surface area contributed by atoms with Crippen molar-refractivity contribution in [2.75, 3.05) is 40.8 Å². The lowest BCUT2D eigenvalue weighted by atomic mass is 10.1. The van der Waals surface area contributed by atoms with E-state index in [2.05, 4.69) is 33.1 Å². The number of aliphatic imine (C=N–C) groups is 1. The van der Waals surface area contributed by atoms with E-state index < -0.39 is 6.17 Å². The van der Waals surface area contributed by atoms with Gasteiger partial charge in [-0.1, -0.05) is 13.0 Å². The van der Waals surface area contributed by atoms with Crippen LogP contribution < -0.4 is 16.0 Å². The standard InChI is InChI=1S/C20H32FN5O/c1-6-16(21)13-27-20-14(2)9-15(12-26(20)5)10-24-11-17-18(22-3)7-8-25-19(17)23-4/h7-9,11,16,18,22-23,25H,6,10,12-13H2,1-5H3. The van der Waals surface area contributed by atoms with Crippen LogP contribution in [0.25, 0.3) is 0 Å². The Morgan fingerprint density at radius 3 is 2.89 bits per heavy atom. The first-order valence-electron chi connectivity index (χ1n) is 9.40. The van der Waals surface area contributed by atoms with Gasteiger partial charge in [-0.15, -0.1) is 0 Å². The first-order valence-corrected chi connectivity index (χ1v) is 9.40. The Hall–Kier alpha value is -2.28. The molecular weight excluding hydrogens is 345 g/mol. The highest BCUT2D eigenvalue weighted by Gasteiger charge is 2.19. The zero-order chi connectivity index (χ0) is 19.8. The van der Waals surface area contributed by atoms with Gasteiger partial charge in [0.05, 0.1) is 12.6 Å². The molecule has 2 heterocycles. The molecule has 3 N–H and O–H groups in total. The lowest BCUT2D eigenvalue weighted by Gasteiger charge is -2.29. The molecular formula is C20H32FN5O. The molecule has 0 saturated carbocycles. The summed E-state index contributed by atoms with van der Waals surface area (Å²) in [5, 5.41) is 9.62. The van der Waals surface area contributed by atoms with E-state index in [1.807, 2.05) is 52.3 Å². The molecule has 0 saturated heterocycles. The highest BCUT2D eigenvalue weighted by atomic mass is 19.1. The first-order chi connectivity index (χ1) is 13.0. The Bertz CT molecular complexity index is 665. The van der Waals surface area contributed by atoms with Gasteiger partial charge in [-0.2, -0.15) is 0 Å². The number of alkyl halides is 1. The number of halogens is 1. The molecule has 2 rings (SSSR count). The van der Waals surface area contributed by atoms with Gasteiger partial charge in [0.1, 0.15) is 18.6 Å². The molecule has 27 heavy (non-hydrogen) atoms. The average Bonchev–Trinajstić information content (AvgIpc) is 2.67. The van der Waals surface area contributed by atoms with Crippen LogP contribution in [0.15, 0.2) is 51.8 Å². The molecule has 2 unspecified atom stereocenters. The number of ether oxygens (including phenoxy) is 1. The Morgan fingerprint density at radius 1 is 1.48 bits per heavy atom. The molecule has 0 fully saturated rings. The molecule has 7 heteroatoms. The summed E-state index contributed by atoms with van der Waals surface area (Å²) in [4.78, 5) is 6.66. The number of dihydropyridines is 1. The highest BCUT2D eigenvalue weighted by Crippen LogP contribution is 2.21. The molecule has 2 aliphatic heterocycles. The van der Waals surface area contributed by atoms with Gasteiger partial charge < -0.3 is 25.6 Å². The van der Waals surface area contributed by atoms with Crippen LogP contribution in [-0.4, -0.2) is 64.2 Å². The van der Waals surface area contributed by atoms with Gasteiger partial charge in [-0.3, -0.25) is 4.99 Å². The van der Waals surface area contributed by atoms with E-state index in [9.17, 15) is 4.39 Å². The van der Waals surface area contributed by atoms with Gasteiger partial charge in [-0.25, -0.2) is 4.39 Å². The van der Waals surface area contributed by atoms with E-state index in [0.717, 1.165) is 29.4 Å². The third-order valence-electron chi connectivity index (χ3n) is 4.61. The van der Waals surface area contributed by atoms with Gasteiger partial charge in [0.15, 0.2) is 5.88 Å². The molecule has 6 nitrogen and oxygen atoms in total. The largest absolute Gasteiger partial charge is 0.476 e. The van der Waals surface area contributed by atoms with Crippen LogP contribution in [0.1, 0.15) is 20.3 Å². The SMILES string of the molecule is CCC(F)COC1=C(C)C=C(CN=CC2=C(NC)NC=CC2NC)CN1C. The predicted molar refractivity (Wildman–Crippen MR) is 109 cm³/mol. The quantitative estimate of drug-likeness (QED) is 0.537. The van der Waals surface area contributed by atoms with E-state index >= 15 is 0 Å². The normalized spacial score (nSPS) is 21.5. The minimum atomic E-state index is -0.929. The van der Waals surface area contributed by atoms with Gasteiger partial charge in [-0.05, 0) is 32.0 Å². The first kappa shape index (κ1) is 21.0. The van der Waals surface area contributed by atoms with Crippen molar-refractivity contribution in [3.8, 4) is 0 Å². The van der Waals surface area contributed by atoms with Crippen LogP contribution in [0.3, 0.4) is 0 Å². The smallest absolute Gasteiger partial charge is 0.192 e. The number of likely N-dealkylation sites (N-methyl/N-ethyl adjacent to an activating group) is 2. The zero-order valence-electron chi connectivity index (χ0n) is 17.0. The van der Waals surface area contributed by atoms with Crippen molar-refractivity contribution in [1.82, 2.24) is 20.9 Å². The Morgan fingerprint density at radius 2 is 2.26 bits per heavy atom. The van der Waals surface area contributed by atoms with E-state index in [1.165, 1.54) is 5.57 Å². The molecule has 2 aliphatic rings. The van der Waals surface area contributed by atoms with Crippen molar-refractivity contribution >= 4 is 6.21 Å². The molecule has 0 aromatic rings. The van der Waals surface area contributed by atoms with E-state index in [0.29, 0.717) is 13.0 Å². The number of hydrogen-bond acceptors (Lipinski definition) is 6. The molecule has 0 aromatic heterocycles. The molecule has 0 aliphatic carbocycles. The maximum Gasteiger partial charge on any atom is 0.192 e. The lowest BCUT2D eigenvalue weighted by Crippen LogP contribution is -2.36. The molecule has 2 atom stereocenters. The maximum absolute atomic E-state index is 13.5. The molecule has 0 bridgehead atoms. The summed E-state index contributed by atoms with van der Waals surface area (Å²) in [5.41, 5.74) is 3.26. The van der Waals surface area contributed by atoms with Gasteiger partial charge in [0.2, 0.25) is 0 Å². The van der Waals surface area contributed by atoms with Crippen LogP contribution >= 0.6 is 0 Å². The van der Waals surface area contributed by atoms with Crippen molar-refractivity contribution in [3.05, 3.63) is 46.8 Å². The van der Waals surface area contributed by atoms with Gasteiger partial charge in [0.25, 0.3) is 0 Å². The molecule has 150 valence electrons. The molecule has 0 aromatic carbocycles. The number of allylic oxidation sites excluding steroid dienone is 2. The highest BCUT2D eigenvalue weighted by molar-refractivity contribution is 5.82. The van der Waals surface area contributed by atoms with E-state index in [1.54, 1.807) is 0 Å². The predicted octanol–water partition coefficient (Wildman–Crippen LogP) is 2.06. The minimum Gasteiger partial charge on any atom is -0.476 e. The van der Waals surface area contributed by atoms with Crippen LogP contribution in [0.4, 0.5) is 4.39 Å². The Kier molecular flexibility index (Phi) is 7.91. The van der Waals surface area contributed by atoms with E-state index in [4.69, 9.17) is 4.74 Å². The topological polar surface area (TPSA) is 60.9 Å². The summed E-state index contributed by atoms with van der Waals surface area (Å²) in [6.45, 7) is 5.24. The van der Waals surface area contributed by atoms with Crippen molar-refractivity contribution in [1.29, 1.82) is 0 Å². The second-order valence-electron chi connectivity index (χ2n) is 6.78. The van der Waals surface area contributed by atoms with E-state index in [-0.39, 0.29) is 12.6 Å². The fraction of sp³-hybridized carbons (Fsp3) is 0.550. The van der Waals surface area contributed by atoms with Crippen molar-refractivity contribution in [3.63, 3.8) is 0 Å². The third-order valence-corrected chi connectivity index (χ3v) is 4.61. The zero-order valence-corrected chi connectivity index (χ0v) is 17.0. The van der Waals surface area contributed by atoms with Crippen LogP contribution in [-0.2, 0) is 4.74 Å². The third kappa shape index (κ3) is 5.60. The van der Waals surface area contributed by atoms with Crippen LogP contribution in [0, 0.1) is 0 Å². The summed E-state index contributed by atoms with van der Waals surface area (Å²) in [5.74, 6) is 1.69. The molecule has 0 radical (unpaired) electrons. The molecule has 0 spiro atoms. The summed E-state index contributed by atoms with van der Waals surface area (Å²) in [6, 6.07) is 0.120. The summed E-state index contributed by atoms with van der Waals surface area (Å²) < 4.78 is 19.1. The van der Waals surface area contributed by atoms with Crippen molar-refractivity contribution in [2.24, 2.45) is 4.99 Å². The fourth-order valence-corrected chi connectivity index (χ4v) is 3.14. The van der Waals surface area contributed by atoms with Crippen molar-refractivity contribution in [2.45, 2.75) is 32.5 Å². The summed E-state index contributed by atoms with van der Waals surface area (Å²) in [6.07, 6.45) is 7.51. The fourth-order valence-electron chi connectivity index (χ4n) is 3.14. The van der Waals surface area contributed by atoms with Crippen LogP contribution in [0.2, 0.25) is 0 Å². The number of rotatable bonds is 9. The summed E-state index contributed by atoms with van der Waals surface area (Å²) in [7, 11) is 5.77. The number of hydrogen-bond donors (Lipinski definition) is 3. The van der Waals surface area contributed by atoms with Gasteiger partial charge in [0, 0.05) is 44.2 Å². The summed E-state index contributed by atoms with van der Waals surface area (Å²) >= 11 is 0. The van der Waals surface area contributed by atoms with Crippen molar-refractivity contribution < 1.29 is 9.13 Å². The Labute approximate surface area is 161 Å². The second-order valence-corrected chi connectivity index (χ2v) is 6.78. The Balaban J connectivity index is 2.04. The second kappa shape index (κ2) is 10.2. The minimum absolute atomic E-state index is 0.0989. The van der Waals surface area contributed by atoms with Crippen LogP contribution in [0.5, 0.6) is 0 Å². The number of nitrogens with one attached hydrogen (secondary N) is 3. The maximum atomic E-state index is 13.5. The monoisotopic (exact) mass is 377 g/mol. The average molecular weight is 378 g/mol. The molecule has 0 amide bonds. The number of nitrogens with zero attached hydrogens (tertiary/aromatic N) is 2. The lowest BCUT2D eigenvalue weighted by molar-refractivity contribution is 0.0805. The van der Waals surface area contributed by atoms with Gasteiger partial charge >= 0.3 is 0 Å².